The van der Waals surface area contributed by atoms with E-state index in [9.17, 15) is 13.6 Å². The number of aromatic amines is 1. The monoisotopic (exact) mass is 347 g/mol. The van der Waals surface area contributed by atoms with Gasteiger partial charge in [0.1, 0.15) is 11.6 Å². The van der Waals surface area contributed by atoms with E-state index < -0.39 is 6.61 Å². The average molecular weight is 347 g/mol. The summed E-state index contributed by atoms with van der Waals surface area (Å²) in [5.74, 6) is 1.36. The van der Waals surface area contributed by atoms with Crippen molar-refractivity contribution in [1.29, 1.82) is 0 Å². The normalized spacial score (nSPS) is 17.6. The van der Waals surface area contributed by atoms with E-state index in [4.69, 9.17) is 0 Å². The zero-order valence-corrected chi connectivity index (χ0v) is 13.7. The van der Waals surface area contributed by atoms with Crippen LogP contribution in [0.25, 0.3) is 0 Å². The first kappa shape index (κ1) is 16.2. The first-order valence-electron chi connectivity index (χ1n) is 8.47. The van der Waals surface area contributed by atoms with Gasteiger partial charge in [0, 0.05) is 36.7 Å². The molecule has 1 fully saturated rings. The third kappa shape index (κ3) is 3.56. The molecule has 25 heavy (non-hydrogen) atoms. The van der Waals surface area contributed by atoms with Gasteiger partial charge in [-0.15, -0.1) is 0 Å². The fraction of sp³-hybridized carbons (Fsp3) is 0.444. The van der Waals surface area contributed by atoms with Crippen molar-refractivity contribution in [2.24, 2.45) is 0 Å². The Morgan fingerprint density at radius 3 is 2.88 bits per heavy atom. The van der Waals surface area contributed by atoms with Gasteiger partial charge in [-0.3, -0.25) is 9.69 Å². The Kier molecular flexibility index (Phi) is 4.25. The van der Waals surface area contributed by atoms with Crippen LogP contribution in [0.1, 0.15) is 41.4 Å². The van der Waals surface area contributed by atoms with Crippen molar-refractivity contribution in [3.05, 3.63) is 57.3 Å². The Morgan fingerprint density at radius 1 is 1.32 bits per heavy atom. The maximum Gasteiger partial charge on any atom is 0.387 e. The lowest BCUT2D eigenvalue weighted by molar-refractivity contribution is -0.0508. The summed E-state index contributed by atoms with van der Waals surface area (Å²) in [6.07, 6.45) is 2.76. The molecule has 132 valence electrons. The molecule has 1 aliphatic heterocycles. The summed E-state index contributed by atoms with van der Waals surface area (Å²) in [6, 6.07) is 6.82. The lowest BCUT2D eigenvalue weighted by Gasteiger charge is -2.28. The van der Waals surface area contributed by atoms with E-state index in [0.29, 0.717) is 37.5 Å². The topological polar surface area (TPSA) is 58.2 Å². The van der Waals surface area contributed by atoms with Crippen molar-refractivity contribution < 1.29 is 13.5 Å². The highest BCUT2D eigenvalue weighted by atomic mass is 19.3. The maximum atomic E-state index is 12.6. The molecule has 1 aliphatic carbocycles. The molecule has 0 atom stereocenters. The molecule has 1 aromatic carbocycles. The van der Waals surface area contributed by atoms with Gasteiger partial charge in [0.05, 0.1) is 5.69 Å². The van der Waals surface area contributed by atoms with Crippen LogP contribution in [0.2, 0.25) is 0 Å². The number of hydrogen-bond acceptors (Lipinski definition) is 4. The number of alkyl halides is 2. The SMILES string of the molecule is O=c1[nH]c(C2CC2)nc2c1CCN(Cc1ccccc1OC(F)F)C2. The summed E-state index contributed by atoms with van der Waals surface area (Å²) < 4.78 is 29.7. The van der Waals surface area contributed by atoms with Crippen molar-refractivity contribution >= 4 is 0 Å². The van der Waals surface area contributed by atoms with Gasteiger partial charge in [0.15, 0.2) is 0 Å². The van der Waals surface area contributed by atoms with Crippen LogP contribution < -0.4 is 10.3 Å². The number of para-hydroxylation sites is 1. The van der Waals surface area contributed by atoms with Crippen molar-refractivity contribution in [3.8, 4) is 5.75 Å². The highest BCUT2D eigenvalue weighted by Gasteiger charge is 2.29. The molecule has 1 saturated carbocycles. The number of rotatable bonds is 5. The minimum absolute atomic E-state index is 0.0343. The number of nitrogens with one attached hydrogen (secondary N) is 1. The molecule has 7 heteroatoms. The van der Waals surface area contributed by atoms with E-state index in [2.05, 4.69) is 19.6 Å². The Balaban J connectivity index is 1.54. The smallest absolute Gasteiger partial charge is 0.387 e. The van der Waals surface area contributed by atoms with E-state index >= 15 is 0 Å². The van der Waals surface area contributed by atoms with Crippen molar-refractivity contribution in [3.63, 3.8) is 0 Å². The number of halogens is 2. The summed E-state index contributed by atoms with van der Waals surface area (Å²) >= 11 is 0. The maximum absolute atomic E-state index is 12.6. The molecule has 2 heterocycles. The Labute approximate surface area is 143 Å². The van der Waals surface area contributed by atoms with Crippen molar-refractivity contribution in [2.75, 3.05) is 6.54 Å². The van der Waals surface area contributed by atoms with E-state index in [-0.39, 0.29) is 11.3 Å². The van der Waals surface area contributed by atoms with E-state index in [1.165, 1.54) is 0 Å². The number of hydrogen-bond donors (Lipinski definition) is 1. The van der Waals surface area contributed by atoms with Crippen LogP contribution in [0.15, 0.2) is 29.1 Å². The lowest BCUT2D eigenvalue weighted by atomic mass is 10.0. The Hall–Kier alpha value is -2.28. The molecule has 0 spiro atoms. The Morgan fingerprint density at radius 2 is 2.12 bits per heavy atom. The first-order valence-corrected chi connectivity index (χ1v) is 8.47. The minimum atomic E-state index is -2.84. The van der Waals surface area contributed by atoms with Crippen LogP contribution in [-0.4, -0.2) is 28.0 Å². The highest BCUT2D eigenvalue weighted by Crippen LogP contribution is 2.38. The summed E-state index contributed by atoms with van der Waals surface area (Å²) in [6.45, 7) is -1.13. The van der Waals surface area contributed by atoms with Crippen LogP contribution in [0.4, 0.5) is 8.78 Å². The number of ether oxygens (including phenoxy) is 1. The standard InChI is InChI=1S/C18H19F2N3O2/c19-18(20)25-15-4-2-1-3-12(15)9-23-8-7-13-14(10-23)21-16(11-5-6-11)22-17(13)24/h1-4,11,18H,5-10H2,(H,21,22,24). The molecule has 0 bridgehead atoms. The molecule has 2 aromatic rings. The molecular formula is C18H19F2N3O2. The predicted octanol–water partition coefficient (Wildman–Crippen LogP) is 2.81. The van der Waals surface area contributed by atoms with Crippen molar-refractivity contribution in [2.45, 2.75) is 44.9 Å². The summed E-state index contributed by atoms with van der Waals surface area (Å²) in [7, 11) is 0. The molecule has 2 aliphatic rings. The fourth-order valence-corrected chi connectivity index (χ4v) is 3.28. The molecular weight excluding hydrogens is 328 g/mol. The van der Waals surface area contributed by atoms with Gasteiger partial charge in [0.2, 0.25) is 0 Å². The van der Waals surface area contributed by atoms with E-state index in [0.717, 1.165) is 29.9 Å². The van der Waals surface area contributed by atoms with Gasteiger partial charge >= 0.3 is 6.61 Å². The molecule has 0 unspecified atom stereocenters. The van der Waals surface area contributed by atoms with Crippen LogP contribution in [0.3, 0.4) is 0 Å². The molecule has 1 N–H and O–H groups in total. The van der Waals surface area contributed by atoms with Crippen LogP contribution in [0, 0.1) is 0 Å². The van der Waals surface area contributed by atoms with Gasteiger partial charge in [0.25, 0.3) is 5.56 Å². The number of H-pyrrole nitrogens is 1. The molecule has 4 rings (SSSR count). The zero-order chi connectivity index (χ0) is 17.4. The van der Waals surface area contributed by atoms with Crippen LogP contribution >= 0.6 is 0 Å². The van der Waals surface area contributed by atoms with E-state index in [1.807, 2.05) is 0 Å². The quantitative estimate of drug-likeness (QED) is 0.904. The van der Waals surface area contributed by atoms with Gasteiger partial charge in [-0.1, -0.05) is 18.2 Å². The van der Waals surface area contributed by atoms with Crippen LogP contribution in [-0.2, 0) is 19.5 Å². The third-order valence-electron chi connectivity index (χ3n) is 4.72. The second kappa shape index (κ2) is 6.55. The molecule has 5 nitrogen and oxygen atoms in total. The predicted molar refractivity (Wildman–Crippen MR) is 87.7 cm³/mol. The second-order valence-electron chi connectivity index (χ2n) is 6.60. The first-order chi connectivity index (χ1) is 12.1. The molecule has 0 saturated heterocycles. The lowest BCUT2D eigenvalue weighted by Crippen LogP contribution is -2.35. The van der Waals surface area contributed by atoms with Crippen LogP contribution in [0.5, 0.6) is 5.75 Å². The number of benzene rings is 1. The Bertz CT molecular complexity index is 833. The summed E-state index contributed by atoms with van der Waals surface area (Å²) in [5.41, 5.74) is 2.23. The zero-order valence-electron chi connectivity index (χ0n) is 13.7. The minimum Gasteiger partial charge on any atom is -0.434 e. The number of aromatic nitrogens is 2. The highest BCUT2D eigenvalue weighted by molar-refractivity contribution is 5.33. The summed E-state index contributed by atoms with van der Waals surface area (Å²) in [5, 5.41) is 0. The molecule has 1 aromatic heterocycles. The number of nitrogens with zero attached hydrogens (tertiary/aromatic N) is 2. The van der Waals surface area contributed by atoms with Gasteiger partial charge < -0.3 is 9.72 Å². The van der Waals surface area contributed by atoms with E-state index in [1.54, 1.807) is 24.3 Å². The average Bonchev–Trinajstić information content (AvgIpc) is 3.41. The molecule has 0 amide bonds. The second-order valence-corrected chi connectivity index (χ2v) is 6.60. The van der Waals surface area contributed by atoms with Crippen molar-refractivity contribution in [1.82, 2.24) is 14.9 Å². The molecule has 0 radical (unpaired) electrons. The fourth-order valence-electron chi connectivity index (χ4n) is 3.28. The largest absolute Gasteiger partial charge is 0.434 e. The summed E-state index contributed by atoms with van der Waals surface area (Å²) in [4.78, 5) is 21.9. The third-order valence-corrected chi connectivity index (χ3v) is 4.72. The van der Waals surface area contributed by atoms with Gasteiger partial charge in [-0.2, -0.15) is 8.78 Å². The number of fused-ring (bicyclic) bond motifs is 1. The van der Waals surface area contributed by atoms with Gasteiger partial charge in [-0.25, -0.2) is 4.98 Å². The van der Waals surface area contributed by atoms with Gasteiger partial charge in [-0.05, 0) is 25.3 Å².